The molecule has 5 nitrogen and oxygen atoms in total. The molecule has 1 N–H and O–H groups in total. The lowest BCUT2D eigenvalue weighted by atomic mass is 10.5. The van der Waals surface area contributed by atoms with Gasteiger partial charge < -0.3 is 14.6 Å². The average molecular weight is 174 g/mol. The summed E-state index contributed by atoms with van der Waals surface area (Å²) in [6.45, 7) is 1.79. The summed E-state index contributed by atoms with van der Waals surface area (Å²) >= 11 is 0. The smallest absolute Gasteiger partial charge is 0.478 e. The number of carbonyl (C=O) groups excluding carboxylic acids is 1. The molecular formula is C7H10O5. The maximum Gasteiger partial charge on any atom is 0.508 e. The molecule has 0 rings (SSSR count). The van der Waals surface area contributed by atoms with Crippen LogP contribution in [0.15, 0.2) is 12.2 Å². The molecule has 0 fully saturated rings. The van der Waals surface area contributed by atoms with Crippen LogP contribution in [0.4, 0.5) is 4.79 Å². The van der Waals surface area contributed by atoms with Gasteiger partial charge in [-0.1, -0.05) is 0 Å². The SMILES string of the molecule is CCOC(=O)OC/C=C/C(=O)O. The van der Waals surface area contributed by atoms with Crippen molar-refractivity contribution in [2.75, 3.05) is 13.2 Å². The standard InChI is InChI=1S/C7H10O5/c1-2-11-7(10)12-5-3-4-6(8)9/h3-4H,2,5H2,1H3,(H,8,9)/b4-3+. The molecule has 0 unspecified atom stereocenters. The van der Waals surface area contributed by atoms with Crippen LogP contribution in [-0.4, -0.2) is 30.4 Å². The molecule has 0 spiro atoms. The first-order valence-electron chi connectivity index (χ1n) is 3.35. The van der Waals surface area contributed by atoms with Crippen molar-refractivity contribution in [1.82, 2.24) is 0 Å². The van der Waals surface area contributed by atoms with Gasteiger partial charge in [-0.15, -0.1) is 0 Å². The molecule has 0 amide bonds. The second-order valence-electron chi connectivity index (χ2n) is 1.73. The Morgan fingerprint density at radius 3 is 2.58 bits per heavy atom. The molecule has 0 bridgehead atoms. The topological polar surface area (TPSA) is 72.8 Å². The molecule has 68 valence electrons. The van der Waals surface area contributed by atoms with Gasteiger partial charge in [0.2, 0.25) is 0 Å². The lowest BCUT2D eigenvalue weighted by molar-refractivity contribution is -0.131. The van der Waals surface area contributed by atoms with Crippen molar-refractivity contribution in [2.24, 2.45) is 0 Å². The van der Waals surface area contributed by atoms with Gasteiger partial charge in [-0.05, 0) is 13.0 Å². The number of hydrogen-bond acceptors (Lipinski definition) is 4. The van der Waals surface area contributed by atoms with Crippen LogP contribution in [0.3, 0.4) is 0 Å². The van der Waals surface area contributed by atoms with Crippen molar-refractivity contribution < 1.29 is 24.2 Å². The summed E-state index contributed by atoms with van der Waals surface area (Å²) in [4.78, 5) is 20.4. The van der Waals surface area contributed by atoms with Gasteiger partial charge >= 0.3 is 12.1 Å². The highest BCUT2D eigenvalue weighted by Crippen LogP contribution is 1.85. The van der Waals surface area contributed by atoms with Crippen LogP contribution >= 0.6 is 0 Å². The van der Waals surface area contributed by atoms with E-state index >= 15 is 0 Å². The first-order valence-corrected chi connectivity index (χ1v) is 3.35. The Hall–Kier alpha value is -1.52. The molecule has 12 heavy (non-hydrogen) atoms. The van der Waals surface area contributed by atoms with Crippen LogP contribution in [0.1, 0.15) is 6.92 Å². The highest BCUT2D eigenvalue weighted by molar-refractivity contribution is 5.79. The molecule has 0 aromatic rings. The van der Waals surface area contributed by atoms with Crippen molar-refractivity contribution in [3.05, 3.63) is 12.2 Å². The highest BCUT2D eigenvalue weighted by Gasteiger charge is 1.98. The van der Waals surface area contributed by atoms with Crippen LogP contribution < -0.4 is 0 Å². The van der Waals surface area contributed by atoms with E-state index in [-0.39, 0.29) is 13.2 Å². The molecule has 5 heteroatoms. The Labute approximate surface area is 69.6 Å². The molecule has 0 aliphatic rings. The average Bonchev–Trinajstić information content (AvgIpc) is 1.98. The molecule has 0 aromatic heterocycles. The van der Waals surface area contributed by atoms with Gasteiger partial charge in [0.15, 0.2) is 0 Å². The highest BCUT2D eigenvalue weighted by atomic mass is 16.7. The Bertz CT molecular complexity index is 184. The van der Waals surface area contributed by atoms with E-state index in [1.165, 1.54) is 6.08 Å². The van der Waals surface area contributed by atoms with E-state index in [1.807, 2.05) is 0 Å². The van der Waals surface area contributed by atoms with Crippen LogP contribution in [0.2, 0.25) is 0 Å². The number of rotatable bonds is 4. The van der Waals surface area contributed by atoms with E-state index in [4.69, 9.17) is 5.11 Å². The number of carbonyl (C=O) groups is 2. The lowest BCUT2D eigenvalue weighted by Gasteiger charge is -1.99. The van der Waals surface area contributed by atoms with Gasteiger partial charge in [-0.3, -0.25) is 0 Å². The van der Waals surface area contributed by atoms with Crippen molar-refractivity contribution in [1.29, 1.82) is 0 Å². The molecule has 0 aliphatic carbocycles. The maximum atomic E-state index is 10.5. The lowest BCUT2D eigenvalue weighted by Crippen LogP contribution is -2.06. The first kappa shape index (κ1) is 10.5. The van der Waals surface area contributed by atoms with E-state index in [0.717, 1.165) is 6.08 Å². The van der Waals surface area contributed by atoms with Gasteiger partial charge in [0.25, 0.3) is 0 Å². The summed E-state index contributed by atoms with van der Waals surface area (Å²) in [7, 11) is 0. The van der Waals surface area contributed by atoms with Gasteiger partial charge in [0, 0.05) is 6.08 Å². The van der Waals surface area contributed by atoms with E-state index in [2.05, 4.69) is 9.47 Å². The largest absolute Gasteiger partial charge is 0.508 e. The minimum Gasteiger partial charge on any atom is -0.478 e. The van der Waals surface area contributed by atoms with Crippen LogP contribution in [0.25, 0.3) is 0 Å². The zero-order valence-electron chi connectivity index (χ0n) is 6.65. The van der Waals surface area contributed by atoms with E-state index in [0.29, 0.717) is 0 Å². The number of carboxylic acids is 1. The van der Waals surface area contributed by atoms with Crippen molar-refractivity contribution in [3.8, 4) is 0 Å². The fraction of sp³-hybridized carbons (Fsp3) is 0.429. The quantitative estimate of drug-likeness (QED) is 0.504. The van der Waals surface area contributed by atoms with Crippen molar-refractivity contribution >= 4 is 12.1 Å². The second-order valence-corrected chi connectivity index (χ2v) is 1.73. The third-order valence-corrected chi connectivity index (χ3v) is 0.820. The second kappa shape index (κ2) is 6.21. The first-order chi connectivity index (χ1) is 5.66. The van der Waals surface area contributed by atoms with E-state index in [9.17, 15) is 9.59 Å². The summed E-state index contributed by atoms with van der Waals surface area (Å²) in [6.07, 6.45) is 1.30. The fourth-order valence-corrected chi connectivity index (χ4v) is 0.425. The van der Waals surface area contributed by atoms with Gasteiger partial charge in [0.1, 0.15) is 6.61 Å². The molecular weight excluding hydrogens is 164 g/mol. The molecule has 0 atom stereocenters. The normalized spacial score (nSPS) is 9.75. The Morgan fingerprint density at radius 1 is 1.42 bits per heavy atom. The number of hydrogen-bond donors (Lipinski definition) is 1. The minimum atomic E-state index is -1.08. The predicted octanol–water partition coefficient (Wildman–Crippen LogP) is 0.800. The van der Waals surface area contributed by atoms with E-state index < -0.39 is 12.1 Å². The van der Waals surface area contributed by atoms with Crippen LogP contribution in [-0.2, 0) is 14.3 Å². The fourth-order valence-electron chi connectivity index (χ4n) is 0.425. The summed E-state index contributed by atoms with van der Waals surface area (Å²) in [5.74, 6) is -1.08. The van der Waals surface area contributed by atoms with Gasteiger partial charge in [-0.2, -0.15) is 0 Å². The predicted molar refractivity (Wildman–Crippen MR) is 39.7 cm³/mol. The third-order valence-electron chi connectivity index (χ3n) is 0.820. The monoisotopic (exact) mass is 174 g/mol. The van der Waals surface area contributed by atoms with Crippen molar-refractivity contribution in [3.63, 3.8) is 0 Å². The molecule has 0 radical (unpaired) electrons. The van der Waals surface area contributed by atoms with E-state index in [1.54, 1.807) is 6.92 Å². The Balaban J connectivity index is 3.43. The summed E-state index contributed by atoms with van der Waals surface area (Å²) < 4.78 is 8.83. The summed E-state index contributed by atoms with van der Waals surface area (Å²) in [5, 5.41) is 8.12. The molecule has 0 heterocycles. The Morgan fingerprint density at radius 2 is 2.08 bits per heavy atom. The minimum absolute atomic E-state index is 0.0921. The number of ether oxygens (including phenoxy) is 2. The maximum absolute atomic E-state index is 10.5. The third kappa shape index (κ3) is 6.60. The molecule has 0 aromatic carbocycles. The molecule has 0 saturated heterocycles. The molecule has 0 saturated carbocycles. The zero-order valence-corrected chi connectivity index (χ0v) is 6.65. The van der Waals surface area contributed by atoms with Gasteiger partial charge in [-0.25, -0.2) is 9.59 Å². The summed E-state index contributed by atoms with van der Waals surface area (Å²) in [5.41, 5.74) is 0. The zero-order chi connectivity index (χ0) is 9.40. The van der Waals surface area contributed by atoms with Gasteiger partial charge in [0.05, 0.1) is 6.61 Å². The van der Waals surface area contributed by atoms with Crippen LogP contribution in [0, 0.1) is 0 Å². The molecule has 0 aliphatic heterocycles. The number of aliphatic carboxylic acids is 1. The Kier molecular flexibility index (Phi) is 5.42. The number of carboxylic acid groups (broad SMARTS) is 1. The van der Waals surface area contributed by atoms with Crippen LogP contribution in [0.5, 0.6) is 0 Å². The summed E-state index contributed by atoms with van der Waals surface area (Å²) in [6, 6.07) is 0. The van der Waals surface area contributed by atoms with Crippen molar-refractivity contribution in [2.45, 2.75) is 6.92 Å².